The molecule has 1 fully saturated rings. The molecule has 2 aromatic rings. The number of nitrogen functional groups attached to an aromatic ring is 1. The summed E-state index contributed by atoms with van der Waals surface area (Å²) >= 11 is 0. The Morgan fingerprint density at radius 2 is 2.14 bits per heavy atom. The largest absolute Gasteiger partial charge is 0.379 e. The Kier molecular flexibility index (Phi) is 4.20. The van der Waals surface area contributed by atoms with Gasteiger partial charge in [-0.05, 0) is 19.4 Å². The first-order chi connectivity index (χ1) is 10.6. The minimum atomic E-state index is -0.234. The van der Waals surface area contributed by atoms with Crippen LogP contribution in [0.15, 0.2) is 30.3 Å². The summed E-state index contributed by atoms with van der Waals surface area (Å²) in [6.07, 6.45) is 0.855. The predicted octanol–water partition coefficient (Wildman–Crippen LogP) is 2.47. The van der Waals surface area contributed by atoms with Gasteiger partial charge in [-0.15, -0.1) is 0 Å². The van der Waals surface area contributed by atoms with Crippen LogP contribution in [-0.4, -0.2) is 29.7 Å². The van der Waals surface area contributed by atoms with Gasteiger partial charge in [0.1, 0.15) is 11.6 Å². The van der Waals surface area contributed by atoms with Crippen LogP contribution in [-0.2, 0) is 4.74 Å². The normalized spacial score (nSPS) is 19.0. The first kappa shape index (κ1) is 14.7. The van der Waals surface area contributed by atoms with Gasteiger partial charge in [-0.2, -0.15) is 4.98 Å². The highest BCUT2D eigenvalue weighted by atomic mass is 19.1. The summed E-state index contributed by atoms with van der Waals surface area (Å²) in [4.78, 5) is 10.5. The molecule has 1 unspecified atom stereocenters. The van der Waals surface area contributed by atoms with Gasteiger partial charge in [0.05, 0.1) is 12.6 Å². The Labute approximate surface area is 128 Å². The first-order valence-corrected chi connectivity index (χ1v) is 7.35. The lowest BCUT2D eigenvalue weighted by molar-refractivity contribution is 0.133. The maximum Gasteiger partial charge on any atom is 0.222 e. The maximum absolute atomic E-state index is 14.2. The number of ether oxygens (including phenoxy) is 1. The molecule has 3 rings (SSSR count). The second kappa shape index (κ2) is 6.27. The molecule has 1 atom stereocenters. The van der Waals surface area contributed by atoms with Crippen LogP contribution in [0.4, 0.5) is 16.2 Å². The van der Waals surface area contributed by atoms with Crippen molar-refractivity contribution in [3.63, 3.8) is 0 Å². The number of benzene rings is 1. The molecule has 0 aliphatic carbocycles. The Balaban J connectivity index is 2.03. The third kappa shape index (κ3) is 3.01. The SMILES string of the molecule is Cc1cc(N2CCCOCC2c2ccccc2F)nc(N)n1. The monoisotopic (exact) mass is 302 g/mol. The van der Waals surface area contributed by atoms with Gasteiger partial charge < -0.3 is 15.4 Å². The third-order valence-corrected chi connectivity index (χ3v) is 3.76. The van der Waals surface area contributed by atoms with Crippen LogP contribution < -0.4 is 10.6 Å². The van der Waals surface area contributed by atoms with E-state index in [0.29, 0.717) is 24.6 Å². The molecule has 1 aromatic carbocycles. The number of halogens is 1. The second-order valence-electron chi connectivity index (χ2n) is 5.38. The molecule has 2 N–H and O–H groups in total. The highest BCUT2D eigenvalue weighted by Gasteiger charge is 2.27. The fourth-order valence-corrected chi connectivity index (χ4v) is 2.78. The van der Waals surface area contributed by atoms with E-state index in [1.807, 2.05) is 19.1 Å². The van der Waals surface area contributed by atoms with Gasteiger partial charge in [0.15, 0.2) is 0 Å². The molecule has 2 heterocycles. The summed E-state index contributed by atoms with van der Waals surface area (Å²) in [6.45, 7) is 3.67. The third-order valence-electron chi connectivity index (χ3n) is 3.76. The van der Waals surface area contributed by atoms with E-state index in [0.717, 1.165) is 18.7 Å². The van der Waals surface area contributed by atoms with Crippen LogP contribution in [0.2, 0.25) is 0 Å². The molecular formula is C16H19FN4O. The molecule has 1 aliphatic rings. The number of anilines is 2. The summed E-state index contributed by atoms with van der Waals surface area (Å²) in [5.41, 5.74) is 7.17. The zero-order chi connectivity index (χ0) is 15.5. The Bertz CT molecular complexity index is 644. The van der Waals surface area contributed by atoms with Gasteiger partial charge in [-0.25, -0.2) is 9.37 Å². The minimum absolute atomic E-state index is 0.225. The lowest BCUT2D eigenvalue weighted by Gasteiger charge is -2.31. The van der Waals surface area contributed by atoms with E-state index in [9.17, 15) is 4.39 Å². The highest BCUT2D eigenvalue weighted by molar-refractivity contribution is 5.46. The molecular weight excluding hydrogens is 283 g/mol. The Hall–Kier alpha value is -2.21. The molecule has 22 heavy (non-hydrogen) atoms. The summed E-state index contributed by atoms with van der Waals surface area (Å²) in [5, 5.41) is 0. The van der Waals surface area contributed by atoms with Crippen LogP contribution in [0.25, 0.3) is 0 Å². The molecule has 116 valence electrons. The number of nitrogens with two attached hydrogens (primary N) is 1. The van der Waals surface area contributed by atoms with E-state index in [-0.39, 0.29) is 17.8 Å². The minimum Gasteiger partial charge on any atom is -0.379 e. The van der Waals surface area contributed by atoms with Crippen molar-refractivity contribution in [1.29, 1.82) is 0 Å². The van der Waals surface area contributed by atoms with Gasteiger partial charge in [-0.1, -0.05) is 18.2 Å². The number of hydrogen-bond donors (Lipinski definition) is 1. The Morgan fingerprint density at radius 3 is 2.91 bits per heavy atom. The molecule has 1 aliphatic heterocycles. The van der Waals surface area contributed by atoms with Crippen molar-refractivity contribution in [2.75, 3.05) is 30.4 Å². The molecule has 0 radical (unpaired) electrons. The number of rotatable bonds is 2. The quantitative estimate of drug-likeness (QED) is 0.923. The van der Waals surface area contributed by atoms with Gasteiger partial charge in [0.2, 0.25) is 5.95 Å². The van der Waals surface area contributed by atoms with Crippen molar-refractivity contribution < 1.29 is 9.13 Å². The van der Waals surface area contributed by atoms with Crippen molar-refractivity contribution in [2.45, 2.75) is 19.4 Å². The lowest BCUT2D eigenvalue weighted by atomic mass is 10.1. The van der Waals surface area contributed by atoms with E-state index in [2.05, 4.69) is 14.9 Å². The van der Waals surface area contributed by atoms with Gasteiger partial charge >= 0.3 is 0 Å². The summed E-state index contributed by atoms with van der Waals surface area (Å²) < 4.78 is 19.9. The zero-order valence-electron chi connectivity index (χ0n) is 12.5. The zero-order valence-corrected chi connectivity index (χ0v) is 12.5. The van der Waals surface area contributed by atoms with Crippen molar-refractivity contribution in [1.82, 2.24) is 9.97 Å². The molecule has 5 nitrogen and oxygen atoms in total. The number of aryl methyl sites for hydroxylation is 1. The van der Waals surface area contributed by atoms with Crippen molar-refractivity contribution in [3.05, 3.63) is 47.4 Å². The molecule has 1 saturated heterocycles. The second-order valence-corrected chi connectivity index (χ2v) is 5.38. The smallest absolute Gasteiger partial charge is 0.222 e. The molecule has 6 heteroatoms. The van der Waals surface area contributed by atoms with E-state index in [1.165, 1.54) is 6.07 Å². The van der Waals surface area contributed by atoms with E-state index in [4.69, 9.17) is 10.5 Å². The van der Waals surface area contributed by atoms with Gasteiger partial charge in [0, 0.05) is 30.5 Å². The number of hydrogen-bond acceptors (Lipinski definition) is 5. The first-order valence-electron chi connectivity index (χ1n) is 7.35. The van der Waals surface area contributed by atoms with Gasteiger partial charge in [0.25, 0.3) is 0 Å². The Morgan fingerprint density at radius 1 is 1.32 bits per heavy atom. The number of aromatic nitrogens is 2. The molecule has 0 spiro atoms. The average molecular weight is 302 g/mol. The predicted molar refractivity (Wildman–Crippen MR) is 83.1 cm³/mol. The fraction of sp³-hybridized carbons (Fsp3) is 0.375. The van der Waals surface area contributed by atoms with E-state index in [1.54, 1.807) is 12.1 Å². The van der Waals surface area contributed by atoms with E-state index >= 15 is 0 Å². The maximum atomic E-state index is 14.2. The topological polar surface area (TPSA) is 64.3 Å². The van der Waals surface area contributed by atoms with Crippen LogP contribution in [0, 0.1) is 12.7 Å². The number of nitrogens with zero attached hydrogens (tertiary/aromatic N) is 3. The van der Waals surface area contributed by atoms with Crippen LogP contribution in [0.3, 0.4) is 0 Å². The van der Waals surface area contributed by atoms with Crippen LogP contribution >= 0.6 is 0 Å². The highest BCUT2D eigenvalue weighted by Crippen LogP contribution is 2.30. The molecule has 0 amide bonds. The molecule has 1 aromatic heterocycles. The summed E-state index contributed by atoms with van der Waals surface area (Å²) in [7, 11) is 0. The standard InChI is InChI=1S/C16H19FN4O/c1-11-9-15(20-16(18)19-11)21-7-4-8-22-10-14(21)12-5-2-3-6-13(12)17/h2-3,5-6,9,14H,4,7-8,10H2,1H3,(H2,18,19,20). The average Bonchev–Trinajstić information content (AvgIpc) is 2.72. The van der Waals surface area contributed by atoms with Crippen molar-refractivity contribution in [2.24, 2.45) is 0 Å². The van der Waals surface area contributed by atoms with Crippen molar-refractivity contribution in [3.8, 4) is 0 Å². The van der Waals surface area contributed by atoms with Crippen molar-refractivity contribution >= 4 is 11.8 Å². The van der Waals surface area contributed by atoms with E-state index < -0.39 is 0 Å². The van der Waals surface area contributed by atoms with Crippen LogP contribution in [0.1, 0.15) is 23.7 Å². The van der Waals surface area contributed by atoms with Crippen LogP contribution in [0.5, 0.6) is 0 Å². The fourth-order valence-electron chi connectivity index (χ4n) is 2.78. The molecule has 0 saturated carbocycles. The van der Waals surface area contributed by atoms with Gasteiger partial charge in [-0.3, -0.25) is 0 Å². The lowest BCUT2D eigenvalue weighted by Crippen LogP contribution is -2.32. The summed E-state index contributed by atoms with van der Waals surface area (Å²) in [6, 6.07) is 8.43. The summed E-state index contributed by atoms with van der Waals surface area (Å²) in [5.74, 6) is 0.706. The molecule has 0 bridgehead atoms.